The van der Waals surface area contributed by atoms with Gasteiger partial charge < -0.3 is 28.8 Å². The van der Waals surface area contributed by atoms with E-state index in [1.165, 1.54) is 34.9 Å². The summed E-state index contributed by atoms with van der Waals surface area (Å²) in [5.41, 5.74) is 1.80. The molecule has 0 aromatic heterocycles. The first-order valence-corrected chi connectivity index (χ1v) is 18.7. The largest absolute Gasteiger partial charge is 0.492 e. The fourth-order valence-electron chi connectivity index (χ4n) is 5.98. The first kappa shape index (κ1) is 38.6. The highest BCUT2D eigenvalue weighted by atomic mass is 32.2. The number of carboxylic acids is 1. The van der Waals surface area contributed by atoms with E-state index in [4.69, 9.17) is 35.9 Å². The molecule has 11 nitrogen and oxygen atoms in total. The number of halogens is 2. The van der Waals surface area contributed by atoms with E-state index in [9.17, 15) is 23.5 Å². The number of benzene rings is 3. The highest BCUT2D eigenvalue weighted by Crippen LogP contribution is 2.36. The number of thioether (sulfide) groups is 1. The monoisotopic (exact) mass is 769 g/mol. The summed E-state index contributed by atoms with van der Waals surface area (Å²) in [7, 11) is 0. The Kier molecular flexibility index (Phi) is 13.7. The number of carbonyl (C=O) groups is 2. The lowest BCUT2D eigenvalue weighted by Crippen LogP contribution is -2.38. The van der Waals surface area contributed by atoms with E-state index in [1.54, 1.807) is 30.3 Å². The van der Waals surface area contributed by atoms with Gasteiger partial charge in [-0.1, -0.05) is 36.1 Å². The molecule has 0 aliphatic carbocycles. The van der Waals surface area contributed by atoms with Crippen molar-refractivity contribution in [2.45, 2.75) is 6.42 Å². The average molecular weight is 770 g/mol. The van der Waals surface area contributed by atoms with Crippen LogP contribution in [-0.4, -0.2) is 128 Å². The third kappa shape index (κ3) is 10.5. The number of amides is 1. The van der Waals surface area contributed by atoms with Crippen LogP contribution in [-0.2, 0) is 14.3 Å². The number of aromatic carboxylic acids is 1. The molecular weight excluding hydrogens is 729 g/mol. The lowest BCUT2D eigenvalue weighted by atomic mass is 10.0. The van der Waals surface area contributed by atoms with Gasteiger partial charge in [0, 0.05) is 51.4 Å². The molecule has 0 spiro atoms. The number of carbonyl (C=O) groups excluding carboxylic acids is 1. The molecule has 3 aliphatic rings. The molecule has 0 atom stereocenters. The summed E-state index contributed by atoms with van der Waals surface area (Å²) >= 11 is 6.77. The normalized spacial score (nSPS) is 17.8. The van der Waals surface area contributed by atoms with Gasteiger partial charge in [-0.2, -0.15) is 0 Å². The van der Waals surface area contributed by atoms with Gasteiger partial charge in [0.15, 0.2) is 23.1 Å². The Bertz CT molecular complexity index is 1820. The van der Waals surface area contributed by atoms with Crippen molar-refractivity contribution >= 4 is 46.3 Å². The maximum Gasteiger partial charge on any atom is 0.335 e. The molecule has 1 amide bonds. The molecule has 0 radical (unpaired) electrons. The van der Waals surface area contributed by atoms with Crippen molar-refractivity contribution in [3.63, 3.8) is 0 Å². The Labute approximate surface area is 316 Å². The van der Waals surface area contributed by atoms with Crippen molar-refractivity contribution in [1.82, 2.24) is 14.7 Å². The van der Waals surface area contributed by atoms with Crippen molar-refractivity contribution < 1.29 is 47.2 Å². The second-order valence-electron chi connectivity index (χ2n) is 12.5. The zero-order valence-electron chi connectivity index (χ0n) is 29.1. The first-order valence-electron chi connectivity index (χ1n) is 17.5. The van der Waals surface area contributed by atoms with Crippen molar-refractivity contribution in [3.8, 4) is 28.4 Å². The third-order valence-corrected chi connectivity index (χ3v) is 10.3. The van der Waals surface area contributed by atoms with Crippen molar-refractivity contribution in [1.29, 1.82) is 0 Å². The van der Waals surface area contributed by atoms with Crippen LogP contribution < -0.4 is 14.2 Å². The van der Waals surface area contributed by atoms with Gasteiger partial charge in [-0.15, -0.1) is 0 Å². The minimum atomic E-state index is -1.07. The van der Waals surface area contributed by atoms with Crippen LogP contribution >= 0.6 is 24.0 Å². The zero-order valence-corrected chi connectivity index (χ0v) is 30.7. The highest BCUT2D eigenvalue weighted by molar-refractivity contribution is 8.26. The van der Waals surface area contributed by atoms with Gasteiger partial charge in [-0.3, -0.25) is 19.5 Å². The number of hydrogen-bond donors (Lipinski definition) is 1. The van der Waals surface area contributed by atoms with Crippen LogP contribution in [0.3, 0.4) is 0 Å². The molecule has 0 saturated carbocycles. The van der Waals surface area contributed by atoms with Gasteiger partial charge in [0.25, 0.3) is 5.91 Å². The average Bonchev–Trinajstić information content (AvgIpc) is 3.43. The number of rotatable bonds is 16. The fourth-order valence-corrected chi connectivity index (χ4v) is 7.28. The molecule has 0 unspecified atom stereocenters. The Morgan fingerprint density at radius 2 is 1.38 bits per heavy atom. The number of carboxylic acid groups (broad SMARTS) is 1. The van der Waals surface area contributed by atoms with Crippen LogP contribution in [0.15, 0.2) is 59.5 Å². The highest BCUT2D eigenvalue weighted by Gasteiger charge is 2.32. The van der Waals surface area contributed by atoms with Gasteiger partial charge in [0.1, 0.15) is 23.3 Å². The molecule has 0 bridgehead atoms. The lowest BCUT2D eigenvalue weighted by Gasteiger charge is -2.26. The van der Waals surface area contributed by atoms with E-state index < -0.39 is 17.6 Å². The van der Waals surface area contributed by atoms with Crippen LogP contribution in [0.1, 0.15) is 22.3 Å². The summed E-state index contributed by atoms with van der Waals surface area (Å²) in [6, 6.07) is 13.5. The predicted octanol–water partition coefficient (Wildman–Crippen LogP) is 5.42. The molecule has 3 fully saturated rings. The smallest absolute Gasteiger partial charge is 0.335 e. The summed E-state index contributed by atoms with van der Waals surface area (Å²) in [6.07, 6.45) is 2.16. The van der Waals surface area contributed by atoms with Crippen molar-refractivity contribution in [2.24, 2.45) is 0 Å². The van der Waals surface area contributed by atoms with E-state index >= 15 is 0 Å². The van der Waals surface area contributed by atoms with Crippen LogP contribution in [0.25, 0.3) is 17.2 Å². The van der Waals surface area contributed by atoms with Crippen LogP contribution in [0, 0.1) is 11.6 Å². The molecule has 3 aliphatic heterocycles. The molecule has 3 aromatic rings. The summed E-state index contributed by atoms with van der Waals surface area (Å²) in [5, 5.41) is 9.50. The summed E-state index contributed by atoms with van der Waals surface area (Å²) in [5.74, 6) is -1.94. The number of ether oxygens (including phenoxy) is 5. The summed E-state index contributed by atoms with van der Waals surface area (Å²) in [6.45, 7) is 8.58. The summed E-state index contributed by atoms with van der Waals surface area (Å²) in [4.78, 5) is 31.6. The maximum atomic E-state index is 14.1. The van der Waals surface area contributed by atoms with E-state index in [2.05, 4.69) is 9.80 Å². The second kappa shape index (κ2) is 18.8. The molecule has 1 N–H and O–H groups in total. The molecule has 3 saturated heterocycles. The SMILES string of the molecule is O=C(O)c1ccc(OCCCN2C(=O)/C(=C/c3cc(-c4ccc(F)c(F)c4)ccc3OCCN3CCOCC3)SC2=S)c(OCCN2CCOCC2)c1. The van der Waals surface area contributed by atoms with Crippen LogP contribution in [0.5, 0.6) is 17.2 Å². The molecule has 53 heavy (non-hydrogen) atoms. The topological polar surface area (TPSA) is 110 Å². The summed E-state index contributed by atoms with van der Waals surface area (Å²) < 4.78 is 57.2. The quantitative estimate of drug-likeness (QED) is 0.114. The number of thiocarbonyl (C=S) groups is 1. The Morgan fingerprint density at radius 3 is 2.04 bits per heavy atom. The van der Waals surface area contributed by atoms with Gasteiger partial charge >= 0.3 is 5.97 Å². The van der Waals surface area contributed by atoms with Gasteiger partial charge in [0.2, 0.25) is 0 Å². The molecule has 15 heteroatoms. The second-order valence-corrected chi connectivity index (χ2v) is 14.2. The minimum Gasteiger partial charge on any atom is -0.492 e. The Balaban J connectivity index is 1.10. The Hall–Kier alpha value is -4.12. The molecule has 6 rings (SSSR count). The van der Waals surface area contributed by atoms with Gasteiger partial charge in [0.05, 0.1) is 43.5 Å². The standard InChI is InChI=1S/C38H41F2N3O8S2/c39-30-5-2-27(23-31(30)40)26-3-6-32(50-20-13-41-9-16-47-17-10-41)29(22-26)25-35-36(44)43(38(52)53-35)8-1-15-49-33-7-4-28(37(45)46)24-34(33)51-21-14-42-11-18-48-19-12-42/h2-7,22-25H,1,8-21H2,(H,45,46)/b35-25-. The van der Waals surface area contributed by atoms with E-state index in [-0.39, 0.29) is 18.1 Å². The van der Waals surface area contributed by atoms with E-state index in [1.807, 2.05) is 0 Å². The van der Waals surface area contributed by atoms with Crippen LogP contribution in [0.2, 0.25) is 0 Å². The maximum absolute atomic E-state index is 14.1. The molecule has 3 aromatic carbocycles. The van der Waals surface area contributed by atoms with E-state index in [0.717, 1.165) is 38.3 Å². The number of hydrogen-bond acceptors (Lipinski definition) is 11. The third-order valence-electron chi connectivity index (χ3n) is 8.93. The first-order chi connectivity index (χ1) is 25.7. The fraction of sp³-hybridized carbons (Fsp3) is 0.395. The minimum absolute atomic E-state index is 0.0871. The molecule has 3 heterocycles. The molecular formula is C38H41F2N3O8S2. The van der Waals surface area contributed by atoms with Crippen LogP contribution in [0.4, 0.5) is 8.78 Å². The number of morpholine rings is 2. The van der Waals surface area contributed by atoms with E-state index in [0.29, 0.717) is 109 Å². The van der Waals surface area contributed by atoms with Gasteiger partial charge in [-0.25, -0.2) is 13.6 Å². The number of nitrogens with zero attached hydrogens (tertiary/aromatic N) is 3. The van der Waals surface area contributed by atoms with Crippen molar-refractivity contribution in [3.05, 3.63) is 82.3 Å². The Morgan fingerprint density at radius 1 is 0.774 bits per heavy atom. The zero-order chi connectivity index (χ0) is 37.2. The lowest BCUT2D eigenvalue weighted by molar-refractivity contribution is -0.122. The van der Waals surface area contributed by atoms with Crippen molar-refractivity contribution in [2.75, 3.05) is 92.1 Å². The predicted molar refractivity (Wildman–Crippen MR) is 201 cm³/mol. The van der Waals surface area contributed by atoms with Gasteiger partial charge in [-0.05, 0) is 66.1 Å². The molecule has 282 valence electrons.